The van der Waals surface area contributed by atoms with E-state index in [0.29, 0.717) is 0 Å². The first kappa shape index (κ1) is 12.5. The zero-order chi connectivity index (χ0) is 12.1. The van der Waals surface area contributed by atoms with Gasteiger partial charge in [0.15, 0.2) is 0 Å². The Labute approximate surface area is 102 Å². The fourth-order valence-corrected chi connectivity index (χ4v) is 2.40. The van der Waals surface area contributed by atoms with Gasteiger partial charge in [0.25, 0.3) is 0 Å². The SMILES string of the molecule is COC1(C(N)Cc2cccnc2)CCOCC1. The molecule has 1 saturated heterocycles. The molecule has 0 bridgehead atoms. The second-order valence-corrected chi connectivity index (χ2v) is 4.55. The third-order valence-electron chi connectivity index (χ3n) is 3.60. The molecule has 1 atom stereocenters. The van der Waals surface area contributed by atoms with E-state index in [1.165, 1.54) is 0 Å². The van der Waals surface area contributed by atoms with Gasteiger partial charge in [0.2, 0.25) is 0 Å². The Bertz CT molecular complexity index is 337. The van der Waals surface area contributed by atoms with E-state index in [-0.39, 0.29) is 11.6 Å². The van der Waals surface area contributed by atoms with Crippen LogP contribution in [-0.2, 0) is 15.9 Å². The highest BCUT2D eigenvalue weighted by Crippen LogP contribution is 2.28. The Hall–Kier alpha value is -0.970. The third kappa shape index (κ3) is 2.83. The van der Waals surface area contributed by atoms with E-state index in [1.807, 2.05) is 12.3 Å². The van der Waals surface area contributed by atoms with E-state index in [2.05, 4.69) is 11.1 Å². The fourth-order valence-electron chi connectivity index (χ4n) is 2.40. The maximum absolute atomic E-state index is 6.32. The van der Waals surface area contributed by atoms with Crippen LogP contribution in [0.5, 0.6) is 0 Å². The molecule has 17 heavy (non-hydrogen) atoms. The summed E-state index contributed by atoms with van der Waals surface area (Å²) in [6.45, 7) is 1.46. The second kappa shape index (κ2) is 5.58. The molecule has 0 radical (unpaired) electrons. The second-order valence-electron chi connectivity index (χ2n) is 4.55. The van der Waals surface area contributed by atoms with Crippen molar-refractivity contribution in [2.45, 2.75) is 30.9 Å². The third-order valence-corrected chi connectivity index (χ3v) is 3.60. The molecule has 1 aromatic heterocycles. The molecular weight excluding hydrogens is 216 g/mol. The maximum Gasteiger partial charge on any atom is 0.0875 e. The van der Waals surface area contributed by atoms with Gasteiger partial charge < -0.3 is 15.2 Å². The van der Waals surface area contributed by atoms with Crippen LogP contribution in [0.3, 0.4) is 0 Å². The van der Waals surface area contributed by atoms with Crippen molar-refractivity contribution in [3.05, 3.63) is 30.1 Å². The molecule has 1 unspecified atom stereocenters. The van der Waals surface area contributed by atoms with Gasteiger partial charge in [0, 0.05) is 51.6 Å². The van der Waals surface area contributed by atoms with Crippen molar-refractivity contribution < 1.29 is 9.47 Å². The summed E-state index contributed by atoms with van der Waals surface area (Å²) in [5.74, 6) is 0. The molecule has 1 aromatic rings. The van der Waals surface area contributed by atoms with Crippen molar-refractivity contribution in [2.75, 3.05) is 20.3 Å². The Kier molecular flexibility index (Phi) is 4.10. The molecule has 0 aromatic carbocycles. The van der Waals surface area contributed by atoms with Crippen LogP contribution in [-0.4, -0.2) is 37.0 Å². The van der Waals surface area contributed by atoms with Crippen LogP contribution in [0.4, 0.5) is 0 Å². The van der Waals surface area contributed by atoms with Gasteiger partial charge in [-0.2, -0.15) is 0 Å². The van der Waals surface area contributed by atoms with Crippen LogP contribution in [0.15, 0.2) is 24.5 Å². The smallest absolute Gasteiger partial charge is 0.0875 e. The highest BCUT2D eigenvalue weighted by molar-refractivity contribution is 5.12. The first-order valence-electron chi connectivity index (χ1n) is 6.04. The zero-order valence-corrected chi connectivity index (χ0v) is 10.3. The lowest BCUT2D eigenvalue weighted by atomic mass is 9.83. The normalized spacial score (nSPS) is 21.1. The summed E-state index contributed by atoms with van der Waals surface area (Å²) in [6, 6.07) is 3.97. The summed E-state index contributed by atoms with van der Waals surface area (Å²) in [6.07, 6.45) is 6.16. The van der Waals surface area contributed by atoms with Gasteiger partial charge in [0.1, 0.15) is 0 Å². The minimum atomic E-state index is -0.242. The average molecular weight is 236 g/mol. The molecule has 1 fully saturated rings. The summed E-state index contributed by atoms with van der Waals surface area (Å²) < 4.78 is 11.1. The van der Waals surface area contributed by atoms with Crippen molar-refractivity contribution >= 4 is 0 Å². The topological polar surface area (TPSA) is 57.4 Å². The predicted octanol–water partition coefficient (Wildman–Crippen LogP) is 1.15. The van der Waals surface area contributed by atoms with Gasteiger partial charge >= 0.3 is 0 Å². The lowest BCUT2D eigenvalue weighted by molar-refractivity contribution is -0.103. The number of hydrogen-bond acceptors (Lipinski definition) is 4. The molecule has 94 valence electrons. The lowest BCUT2D eigenvalue weighted by Gasteiger charge is -2.40. The minimum absolute atomic E-state index is 0.0133. The number of hydrogen-bond donors (Lipinski definition) is 1. The van der Waals surface area contributed by atoms with Gasteiger partial charge in [-0.25, -0.2) is 0 Å². The molecule has 1 aliphatic heterocycles. The number of nitrogens with zero attached hydrogens (tertiary/aromatic N) is 1. The molecule has 0 amide bonds. The summed E-state index contributed by atoms with van der Waals surface area (Å²) >= 11 is 0. The molecule has 2 heterocycles. The fraction of sp³-hybridized carbons (Fsp3) is 0.615. The standard InChI is InChI=1S/C13H20N2O2/c1-16-13(4-7-17-8-5-13)12(14)9-11-3-2-6-15-10-11/h2-3,6,10,12H,4-5,7-9,14H2,1H3. The van der Waals surface area contributed by atoms with Crippen molar-refractivity contribution in [3.8, 4) is 0 Å². The van der Waals surface area contributed by atoms with E-state index in [9.17, 15) is 0 Å². The Balaban J connectivity index is 2.04. The van der Waals surface area contributed by atoms with Crippen LogP contribution >= 0.6 is 0 Å². The highest BCUT2D eigenvalue weighted by atomic mass is 16.5. The summed E-state index contributed by atoms with van der Waals surface area (Å²) in [5, 5.41) is 0. The van der Waals surface area contributed by atoms with E-state index in [4.69, 9.17) is 15.2 Å². The van der Waals surface area contributed by atoms with Crippen LogP contribution in [0.25, 0.3) is 0 Å². The molecule has 0 saturated carbocycles. The van der Waals surface area contributed by atoms with Gasteiger partial charge in [-0.15, -0.1) is 0 Å². The van der Waals surface area contributed by atoms with E-state index >= 15 is 0 Å². The van der Waals surface area contributed by atoms with Crippen molar-refractivity contribution in [1.82, 2.24) is 4.98 Å². The van der Waals surface area contributed by atoms with E-state index < -0.39 is 0 Å². The minimum Gasteiger partial charge on any atom is -0.381 e. The largest absolute Gasteiger partial charge is 0.381 e. The summed E-state index contributed by atoms with van der Waals surface area (Å²) in [5.41, 5.74) is 7.23. The maximum atomic E-state index is 6.32. The predicted molar refractivity (Wildman–Crippen MR) is 65.7 cm³/mol. The van der Waals surface area contributed by atoms with Gasteiger partial charge in [-0.3, -0.25) is 4.98 Å². The van der Waals surface area contributed by atoms with Crippen LogP contribution in [0.1, 0.15) is 18.4 Å². The molecule has 4 heteroatoms. The first-order valence-corrected chi connectivity index (χ1v) is 6.04. The van der Waals surface area contributed by atoms with Crippen molar-refractivity contribution in [2.24, 2.45) is 5.73 Å². The van der Waals surface area contributed by atoms with Gasteiger partial charge in [0.05, 0.1) is 5.60 Å². The Morgan fingerprint density at radius 3 is 2.88 bits per heavy atom. The number of aromatic nitrogens is 1. The van der Waals surface area contributed by atoms with Crippen LogP contribution in [0.2, 0.25) is 0 Å². The van der Waals surface area contributed by atoms with Gasteiger partial charge in [-0.1, -0.05) is 6.07 Å². The number of rotatable bonds is 4. The summed E-state index contributed by atoms with van der Waals surface area (Å²) in [4.78, 5) is 4.11. The quantitative estimate of drug-likeness (QED) is 0.852. The number of nitrogens with two attached hydrogens (primary N) is 1. The molecule has 0 spiro atoms. The molecule has 4 nitrogen and oxygen atoms in total. The van der Waals surface area contributed by atoms with E-state index in [0.717, 1.165) is 38.0 Å². The Morgan fingerprint density at radius 1 is 1.53 bits per heavy atom. The molecule has 2 N–H and O–H groups in total. The van der Waals surface area contributed by atoms with Crippen molar-refractivity contribution in [3.63, 3.8) is 0 Å². The Morgan fingerprint density at radius 2 is 2.29 bits per heavy atom. The monoisotopic (exact) mass is 236 g/mol. The molecule has 0 aliphatic carbocycles. The lowest BCUT2D eigenvalue weighted by Crippen LogP contribution is -2.53. The number of pyridine rings is 1. The molecule has 1 aliphatic rings. The highest BCUT2D eigenvalue weighted by Gasteiger charge is 2.38. The first-order chi connectivity index (χ1) is 8.27. The zero-order valence-electron chi connectivity index (χ0n) is 10.3. The summed E-state index contributed by atoms with van der Waals surface area (Å²) in [7, 11) is 1.74. The molecular formula is C13H20N2O2. The van der Waals surface area contributed by atoms with Crippen molar-refractivity contribution in [1.29, 1.82) is 0 Å². The number of methoxy groups -OCH3 is 1. The van der Waals surface area contributed by atoms with E-state index in [1.54, 1.807) is 13.3 Å². The average Bonchev–Trinajstić information content (AvgIpc) is 2.40. The number of ether oxygens (including phenoxy) is 2. The van der Waals surface area contributed by atoms with Gasteiger partial charge in [-0.05, 0) is 18.1 Å². The molecule has 2 rings (SSSR count). The van der Waals surface area contributed by atoms with Crippen LogP contribution < -0.4 is 5.73 Å². The van der Waals surface area contributed by atoms with Crippen LogP contribution in [0, 0.1) is 0 Å².